The van der Waals surface area contributed by atoms with Crippen LogP contribution in [0.2, 0.25) is 0 Å². The average molecular weight is 285 g/mol. The molecular formula is C16H19N3O2. The molecule has 1 aromatic carbocycles. The molecule has 3 rings (SSSR count). The molecule has 0 saturated carbocycles. The van der Waals surface area contributed by atoms with Gasteiger partial charge in [0.2, 0.25) is 0 Å². The molecule has 110 valence electrons. The second kappa shape index (κ2) is 6.08. The second-order valence-corrected chi connectivity index (χ2v) is 5.25. The highest BCUT2D eigenvalue weighted by atomic mass is 16.5. The Labute approximate surface area is 124 Å². The van der Waals surface area contributed by atoms with Gasteiger partial charge >= 0.3 is 5.97 Å². The summed E-state index contributed by atoms with van der Waals surface area (Å²) < 4.78 is 5.15. The predicted octanol–water partition coefficient (Wildman–Crippen LogP) is 2.41. The number of aromatic nitrogens is 2. The lowest BCUT2D eigenvalue weighted by atomic mass is 9.98. The first-order valence-electron chi connectivity index (χ1n) is 7.41. The lowest BCUT2D eigenvalue weighted by molar-refractivity contribution is -0.148. The number of para-hydroxylation sites is 1. The maximum atomic E-state index is 12.0. The maximum Gasteiger partial charge on any atom is 0.310 e. The number of esters is 1. The van der Waals surface area contributed by atoms with Crippen LogP contribution in [-0.4, -0.2) is 35.6 Å². The smallest absolute Gasteiger partial charge is 0.310 e. The molecular weight excluding hydrogens is 266 g/mol. The molecule has 2 heterocycles. The number of rotatable bonds is 3. The Morgan fingerprint density at radius 3 is 3.10 bits per heavy atom. The van der Waals surface area contributed by atoms with Crippen molar-refractivity contribution in [3.63, 3.8) is 0 Å². The maximum absolute atomic E-state index is 12.0. The number of ether oxygens (including phenoxy) is 1. The molecule has 0 spiro atoms. The number of fused-ring (bicyclic) bond motifs is 1. The van der Waals surface area contributed by atoms with Gasteiger partial charge in [-0.05, 0) is 31.9 Å². The minimum atomic E-state index is -0.0967. The molecule has 2 aromatic rings. The molecule has 1 aliphatic heterocycles. The summed E-state index contributed by atoms with van der Waals surface area (Å²) in [5.74, 6) is 0.752. The van der Waals surface area contributed by atoms with E-state index in [9.17, 15) is 4.79 Å². The van der Waals surface area contributed by atoms with E-state index in [0.717, 1.165) is 36.1 Å². The predicted molar refractivity (Wildman–Crippen MR) is 81.1 cm³/mol. The van der Waals surface area contributed by atoms with Crippen molar-refractivity contribution < 1.29 is 9.53 Å². The number of hydrogen-bond donors (Lipinski definition) is 0. The molecule has 1 aliphatic rings. The van der Waals surface area contributed by atoms with Crippen LogP contribution in [0.15, 0.2) is 30.6 Å². The summed E-state index contributed by atoms with van der Waals surface area (Å²) in [5, 5.41) is 1.03. The number of carbonyl (C=O) groups excluding carboxylic acids is 1. The monoisotopic (exact) mass is 285 g/mol. The molecule has 1 aromatic heterocycles. The van der Waals surface area contributed by atoms with Gasteiger partial charge in [0.15, 0.2) is 0 Å². The Morgan fingerprint density at radius 1 is 1.38 bits per heavy atom. The molecule has 0 bridgehead atoms. The third kappa shape index (κ3) is 2.82. The average Bonchev–Trinajstić information content (AvgIpc) is 2.55. The van der Waals surface area contributed by atoms with Gasteiger partial charge in [0.1, 0.15) is 12.1 Å². The molecule has 5 heteroatoms. The second-order valence-electron chi connectivity index (χ2n) is 5.25. The Bertz CT molecular complexity index is 639. The largest absolute Gasteiger partial charge is 0.466 e. The number of nitrogens with zero attached hydrogens (tertiary/aromatic N) is 3. The van der Waals surface area contributed by atoms with Gasteiger partial charge in [-0.15, -0.1) is 0 Å². The van der Waals surface area contributed by atoms with Crippen LogP contribution in [0.25, 0.3) is 10.9 Å². The van der Waals surface area contributed by atoms with Crippen molar-refractivity contribution >= 4 is 22.7 Å². The minimum Gasteiger partial charge on any atom is -0.466 e. The van der Waals surface area contributed by atoms with Gasteiger partial charge in [0.05, 0.1) is 18.0 Å². The van der Waals surface area contributed by atoms with Crippen LogP contribution in [0.3, 0.4) is 0 Å². The van der Waals surface area contributed by atoms with Crippen LogP contribution in [0.1, 0.15) is 19.8 Å². The summed E-state index contributed by atoms with van der Waals surface area (Å²) >= 11 is 0. The topological polar surface area (TPSA) is 55.3 Å². The molecule has 0 amide bonds. The van der Waals surface area contributed by atoms with Crippen LogP contribution in [-0.2, 0) is 9.53 Å². The van der Waals surface area contributed by atoms with E-state index >= 15 is 0 Å². The molecule has 0 radical (unpaired) electrons. The van der Waals surface area contributed by atoms with Gasteiger partial charge in [0, 0.05) is 18.5 Å². The molecule has 0 aliphatic carbocycles. The Morgan fingerprint density at radius 2 is 2.24 bits per heavy atom. The van der Waals surface area contributed by atoms with Crippen LogP contribution < -0.4 is 4.90 Å². The minimum absolute atomic E-state index is 0.0626. The number of anilines is 1. The lowest BCUT2D eigenvalue weighted by Gasteiger charge is -2.32. The first-order valence-corrected chi connectivity index (χ1v) is 7.41. The summed E-state index contributed by atoms with van der Waals surface area (Å²) in [4.78, 5) is 22.9. The molecule has 1 atom stereocenters. The van der Waals surface area contributed by atoms with E-state index in [1.807, 2.05) is 31.2 Å². The highest BCUT2D eigenvalue weighted by Crippen LogP contribution is 2.27. The van der Waals surface area contributed by atoms with Gasteiger partial charge in [-0.25, -0.2) is 9.97 Å². The molecule has 5 nitrogen and oxygen atoms in total. The summed E-state index contributed by atoms with van der Waals surface area (Å²) in [7, 11) is 0. The summed E-state index contributed by atoms with van der Waals surface area (Å²) in [6, 6.07) is 7.96. The fourth-order valence-electron chi connectivity index (χ4n) is 2.86. The van der Waals surface area contributed by atoms with E-state index in [0.29, 0.717) is 13.2 Å². The zero-order valence-electron chi connectivity index (χ0n) is 12.2. The quantitative estimate of drug-likeness (QED) is 0.811. The first kappa shape index (κ1) is 13.8. The van der Waals surface area contributed by atoms with Crippen LogP contribution in [0.5, 0.6) is 0 Å². The zero-order valence-corrected chi connectivity index (χ0v) is 12.2. The highest BCUT2D eigenvalue weighted by molar-refractivity contribution is 5.89. The van der Waals surface area contributed by atoms with E-state index in [1.54, 1.807) is 6.33 Å². The molecule has 0 unspecified atom stereocenters. The van der Waals surface area contributed by atoms with E-state index in [4.69, 9.17) is 4.74 Å². The van der Waals surface area contributed by atoms with Crippen molar-refractivity contribution in [3.05, 3.63) is 30.6 Å². The zero-order chi connectivity index (χ0) is 14.7. The molecule has 1 fully saturated rings. The molecule has 21 heavy (non-hydrogen) atoms. The first-order chi connectivity index (χ1) is 10.3. The molecule has 0 N–H and O–H groups in total. The van der Waals surface area contributed by atoms with Crippen LogP contribution in [0.4, 0.5) is 5.82 Å². The van der Waals surface area contributed by atoms with Crippen LogP contribution >= 0.6 is 0 Å². The standard InChI is InChI=1S/C16H19N3O2/c1-2-21-16(20)12-6-5-9-19(10-12)15-13-7-3-4-8-14(13)17-11-18-15/h3-4,7-8,11-12H,2,5-6,9-10H2,1H3/t12-/m0/s1. The van der Waals surface area contributed by atoms with Crippen molar-refractivity contribution in [1.29, 1.82) is 0 Å². The van der Waals surface area contributed by atoms with Gasteiger partial charge in [-0.2, -0.15) is 0 Å². The Balaban J connectivity index is 1.87. The van der Waals surface area contributed by atoms with Crippen molar-refractivity contribution in [2.45, 2.75) is 19.8 Å². The fourth-order valence-corrected chi connectivity index (χ4v) is 2.86. The Kier molecular flexibility index (Phi) is 3.99. The van der Waals surface area contributed by atoms with Gasteiger partial charge in [0.25, 0.3) is 0 Å². The fraction of sp³-hybridized carbons (Fsp3) is 0.438. The highest BCUT2D eigenvalue weighted by Gasteiger charge is 2.28. The van der Waals surface area contributed by atoms with Crippen LogP contribution in [0, 0.1) is 5.92 Å². The SMILES string of the molecule is CCOC(=O)[C@H]1CCCN(c2ncnc3ccccc23)C1. The third-order valence-corrected chi connectivity index (χ3v) is 3.86. The van der Waals surface area contributed by atoms with Gasteiger partial charge in [-0.3, -0.25) is 4.79 Å². The van der Waals surface area contributed by atoms with Crippen molar-refractivity contribution in [1.82, 2.24) is 9.97 Å². The van der Waals surface area contributed by atoms with Gasteiger partial charge in [-0.1, -0.05) is 12.1 Å². The summed E-state index contributed by atoms with van der Waals surface area (Å²) in [6.07, 6.45) is 3.45. The van der Waals surface area contributed by atoms with E-state index < -0.39 is 0 Å². The van der Waals surface area contributed by atoms with Gasteiger partial charge < -0.3 is 9.64 Å². The summed E-state index contributed by atoms with van der Waals surface area (Å²) in [5.41, 5.74) is 0.931. The lowest BCUT2D eigenvalue weighted by Crippen LogP contribution is -2.40. The number of hydrogen-bond acceptors (Lipinski definition) is 5. The van der Waals surface area contributed by atoms with E-state index in [2.05, 4.69) is 14.9 Å². The third-order valence-electron chi connectivity index (χ3n) is 3.86. The number of carbonyl (C=O) groups is 1. The van der Waals surface area contributed by atoms with Crippen molar-refractivity contribution in [3.8, 4) is 0 Å². The van der Waals surface area contributed by atoms with Crippen molar-refractivity contribution in [2.75, 3.05) is 24.6 Å². The molecule has 1 saturated heterocycles. The number of benzene rings is 1. The normalized spacial score (nSPS) is 18.7. The number of piperidine rings is 1. The van der Waals surface area contributed by atoms with E-state index in [1.165, 1.54) is 0 Å². The van der Waals surface area contributed by atoms with E-state index in [-0.39, 0.29) is 11.9 Å². The Hall–Kier alpha value is -2.17. The van der Waals surface area contributed by atoms with Crippen molar-refractivity contribution in [2.24, 2.45) is 5.92 Å². The summed E-state index contributed by atoms with van der Waals surface area (Å²) in [6.45, 7) is 3.86.